The van der Waals surface area contributed by atoms with Gasteiger partial charge in [-0.1, -0.05) is 30.3 Å². The number of carboxylic acid groups (broad SMARTS) is 2. The number of para-hydroxylation sites is 1. The van der Waals surface area contributed by atoms with E-state index in [2.05, 4.69) is 15.2 Å². The van der Waals surface area contributed by atoms with Crippen molar-refractivity contribution >= 4 is 40.3 Å². The molecule has 0 spiro atoms. The van der Waals surface area contributed by atoms with Crippen molar-refractivity contribution in [2.24, 2.45) is 0 Å². The topological polar surface area (TPSA) is 149 Å². The third kappa shape index (κ3) is 8.14. The predicted molar refractivity (Wildman–Crippen MR) is 157 cm³/mol. The number of carbonyl (C=O) groups is 4. The predicted octanol–water partition coefficient (Wildman–Crippen LogP) is 3.37. The first-order valence-electron chi connectivity index (χ1n) is 13.8. The number of fused-ring (bicyclic) bond motifs is 2. The van der Waals surface area contributed by atoms with Gasteiger partial charge in [0.15, 0.2) is 0 Å². The molecule has 2 aliphatic rings. The second kappa shape index (κ2) is 14.2. The summed E-state index contributed by atoms with van der Waals surface area (Å²) < 4.78 is 6.09. The van der Waals surface area contributed by atoms with Crippen LogP contribution < -0.4 is 10.1 Å². The molecule has 42 heavy (non-hydrogen) atoms. The summed E-state index contributed by atoms with van der Waals surface area (Å²) in [6, 6.07) is 15.7. The molecule has 0 bridgehead atoms. The molecule has 0 unspecified atom stereocenters. The zero-order chi connectivity index (χ0) is 30.1. The molecule has 0 radical (unpaired) electrons. The monoisotopic (exact) mass is 574 g/mol. The number of hydrogen-bond acceptors (Lipinski definition) is 7. The third-order valence-corrected chi connectivity index (χ3v) is 7.07. The summed E-state index contributed by atoms with van der Waals surface area (Å²) in [5, 5.41) is 19.6. The third-order valence-electron chi connectivity index (χ3n) is 7.07. The van der Waals surface area contributed by atoms with Crippen molar-refractivity contribution in [2.75, 3.05) is 44.6 Å². The van der Waals surface area contributed by atoms with Crippen LogP contribution in [0.5, 0.6) is 5.75 Å². The van der Waals surface area contributed by atoms with Gasteiger partial charge in [-0.3, -0.25) is 14.5 Å². The molecule has 1 fully saturated rings. The molecule has 5 rings (SSSR count). The lowest BCUT2D eigenvalue weighted by Gasteiger charge is -2.34. The van der Waals surface area contributed by atoms with E-state index in [1.165, 1.54) is 0 Å². The van der Waals surface area contributed by atoms with E-state index in [9.17, 15) is 19.2 Å². The number of ether oxygens (including phenoxy) is 1. The Kier molecular flexibility index (Phi) is 10.2. The number of carboxylic acids is 2. The maximum Gasteiger partial charge on any atom is 0.328 e. The van der Waals surface area contributed by atoms with Crippen LogP contribution in [0.2, 0.25) is 0 Å². The van der Waals surface area contributed by atoms with Gasteiger partial charge in [-0.15, -0.1) is 0 Å². The smallest absolute Gasteiger partial charge is 0.328 e. The SMILES string of the molecule is Cc1ccc(OCCCN2CCN(C(=O)c3ccc4ccccc4n3)CC2)c2c1NC(=O)CC2.O=C(O)C=CC(=O)O. The maximum absolute atomic E-state index is 12.9. The Morgan fingerprint density at radius 3 is 2.38 bits per heavy atom. The van der Waals surface area contributed by atoms with E-state index in [1.807, 2.05) is 60.4 Å². The number of piperazine rings is 1. The summed E-state index contributed by atoms with van der Waals surface area (Å²) in [7, 11) is 0. The zero-order valence-electron chi connectivity index (χ0n) is 23.4. The second-order valence-corrected chi connectivity index (χ2v) is 10.0. The normalized spacial score (nSPS) is 15.0. The fraction of sp³-hybridized carbons (Fsp3) is 0.323. The van der Waals surface area contributed by atoms with Crippen molar-refractivity contribution in [3.05, 3.63) is 77.5 Å². The second-order valence-electron chi connectivity index (χ2n) is 10.0. The van der Waals surface area contributed by atoms with Gasteiger partial charge in [0.1, 0.15) is 11.4 Å². The van der Waals surface area contributed by atoms with Crippen LogP contribution in [0.15, 0.2) is 60.7 Å². The van der Waals surface area contributed by atoms with Crippen molar-refractivity contribution in [2.45, 2.75) is 26.2 Å². The van der Waals surface area contributed by atoms with Crippen LogP contribution in [0.4, 0.5) is 5.69 Å². The minimum atomic E-state index is -1.26. The Morgan fingerprint density at radius 1 is 0.952 bits per heavy atom. The molecule has 220 valence electrons. The summed E-state index contributed by atoms with van der Waals surface area (Å²) in [5.41, 5.74) is 4.45. The first kappa shape index (κ1) is 30.2. The average molecular weight is 575 g/mol. The number of hydrogen-bond donors (Lipinski definition) is 3. The Hall–Kier alpha value is -4.77. The van der Waals surface area contributed by atoms with Gasteiger partial charge in [0.05, 0.1) is 17.8 Å². The molecular formula is C31H34N4O7. The van der Waals surface area contributed by atoms with Crippen LogP contribution in [-0.2, 0) is 20.8 Å². The van der Waals surface area contributed by atoms with Crippen LogP contribution in [0.3, 0.4) is 0 Å². The largest absolute Gasteiger partial charge is 0.493 e. The van der Waals surface area contributed by atoms with Crippen molar-refractivity contribution in [1.29, 1.82) is 0 Å². The van der Waals surface area contributed by atoms with Gasteiger partial charge in [-0.05, 0) is 43.5 Å². The van der Waals surface area contributed by atoms with Crippen molar-refractivity contribution in [1.82, 2.24) is 14.8 Å². The molecular weight excluding hydrogens is 540 g/mol. The number of aryl methyl sites for hydroxylation is 1. The lowest BCUT2D eigenvalue weighted by Crippen LogP contribution is -2.49. The van der Waals surface area contributed by atoms with Crippen LogP contribution in [0.1, 0.15) is 34.5 Å². The quantitative estimate of drug-likeness (QED) is 0.272. The molecule has 0 atom stereocenters. The van der Waals surface area contributed by atoms with E-state index in [-0.39, 0.29) is 11.8 Å². The van der Waals surface area contributed by atoms with E-state index in [1.54, 1.807) is 0 Å². The Bertz CT molecular complexity index is 1480. The molecule has 1 aromatic heterocycles. The first-order chi connectivity index (χ1) is 20.2. The van der Waals surface area contributed by atoms with Crippen LogP contribution in [0.25, 0.3) is 10.9 Å². The highest BCUT2D eigenvalue weighted by molar-refractivity contribution is 5.96. The number of amides is 2. The molecule has 3 heterocycles. The minimum absolute atomic E-state index is 0.00460. The Morgan fingerprint density at radius 2 is 1.67 bits per heavy atom. The lowest BCUT2D eigenvalue weighted by atomic mass is 9.98. The molecule has 2 aromatic carbocycles. The Balaban J connectivity index is 0.000000446. The molecule has 2 aliphatic heterocycles. The summed E-state index contributed by atoms with van der Waals surface area (Å²) >= 11 is 0. The van der Waals surface area contributed by atoms with E-state index in [0.717, 1.165) is 65.9 Å². The van der Waals surface area contributed by atoms with E-state index < -0.39 is 11.9 Å². The molecule has 2 amide bonds. The minimum Gasteiger partial charge on any atom is -0.493 e. The highest BCUT2D eigenvalue weighted by Gasteiger charge is 2.23. The van der Waals surface area contributed by atoms with Gasteiger partial charge in [0, 0.05) is 62.2 Å². The van der Waals surface area contributed by atoms with Crippen molar-refractivity contribution < 1.29 is 34.1 Å². The molecule has 3 N–H and O–H groups in total. The van der Waals surface area contributed by atoms with E-state index >= 15 is 0 Å². The molecule has 0 aliphatic carbocycles. The number of nitrogens with zero attached hydrogens (tertiary/aromatic N) is 3. The van der Waals surface area contributed by atoms with Gasteiger partial charge in [-0.2, -0.15) is 0 Å². The number of nitrogens with one attached hydrogen (secondary N) is 1. The van der Waals surface area contributed by atoms with Gasteiger partial charge in [-0.25, -0.2) is 14.6 Å². The maximum atomic E-state index is 12.9. The summed E-state index contributed by atoms with van der Waals surface area (Å²) in [6.45, 7) is 6.69. The number of benzene rings is 2. The molecule has 11 heteroatoms. The molecule has 0 saturated carbocycles. The number of pyridine rings is 1. The highest BCUT2D eigenvalue weighted by atomic mass is 16.5. The van der Waals surface area contributed by atoms with Gasteiger partial charge >= 0.3 is 11.9 Å². The first-order valence-corrected chi connectivity index (χ1v) is 13.8. The number of aliphatic carboxylic acids is 2. The average Bonchev–Trinajstić information content (AvgIpc) is 2.99. The Labute approximate surface area is 243 Å². The van der Waals surface area contributed by atoms with Crippen LogP contribution in [-0.4, -0.2) is 88.1 Å². The summed E-state index contributed by atoms with van der Waals surface area (Å²) in [5.74, 6) is -1.56. The number of aromatic nitrogens is 1. The molecule has 1 saturated heterocycles. The standard InChI is InChI=1S/C27H30N4O3.C4H4O4/c1-19-7-11-24(21-9-12-25(32)29-26(19)21)34-18-4-13-30-14-16-31(17-15-30)27(33)23-10-8-20-5-2-3-6-22(20)28-23;5-3(6)1-2-4(7)8/h2-3,5-8,10-11H,4,9,12-18H2,1H3,(H,29,32);1-2H,(H,5,6)(H,7,8). The fourth-order valence-electron chi connectivity index (χ4n) is 4.88. The number of carbonyl (C=O) groups excluding carboxylic acids is 2. The lowest BCUT2D eigenvalue weighted by molar-refractivity contribution is -0.134. The summed E-state index contributed by atoms with van der Waals surface area (Å²) in [4.78, 5) is 52.6. The van der Waals surface area contributed by atoms with E-state index in [4.69, 9.17) is 14.9 Å². The molecule has 3 aromatic rings. The van der Waals surface area contributed by atoms with Crippen molar-refractivity contribution in [3.63, 3.8) is 0 Å². The van der Waals surface area contributed by atoms with Crippen LogP contribution >= 0.6 is 0 Å². The zero-order valence-corrected chi connectivity index (χ0v) is 23.4. The summed E-state index contributed by atoms with van der Waals surface area (Å²) in [6.07, 6.45) is 3.25. The number of rotatable bonds is 8. The fourth-order valence-corrected chi connectivity index (χ4v) is 4.88. The van der Waals surface area contributed by atoms with Crippen LogP contribution in [0, 0.1) is 6.92 Å². The van der Waals surface area contributed by atoms with E-state index in [0.29, 0.717) is 44.0 Å². The molecule has 11 nitrogen and oxygen atoms in total. The van der Waals surface area contributed by atoms with Crippen molar-refractivity contribution in [3.8, 4) is 5.75 Å². The van der Waals surface area contributed by atoms with Gasteiger partial charge < -0.3 is 25.2 Å². The van der Waals surface area contributed by atoms with Gasteiger partial charge in [0.25, 0.3) is 5.91 Å². The van der Waals surface area contributed by atoms with Gasteiger partial charge in [0.2, 0.25) is 5.91 Å². The highest BCUT2D eigenvalue weighted by Crippen LogP contribution is 2.34. The number of anilines is 1.